The van der Waals surface area contributed by atoms with Crippen molar-refractivity contribution in [3.05, 3.63) is 32.8 Å². The van der Waals surface area contributed by atoms with E-state index in [9.17, 15) is 19.7 Å². The quantitative estimate of drug-likeness (QED) is 0.226. The number of carbonyl (C=O) groups is 2. The van der Waals surface area contributed by atoms with Crippen molar-refractivity contribution < 1.29 is 19.2 Å². The second-order valence-corrected chi connectivity index (χ2v) is 5.03. The van der Waals surface area contributed by atoms with Gasteiger partial charge in [0.05, 0.1) is 11.5 Å². The molecule has 0 aliphatic rings. The second kappa shape index (κ2) is 8.59. The molecule has 0 spiro atoms. The largest absolute Gasteiger partial charge is 0.493 e. The second-order valence-electron chi connectivity index (χ2n) is 4.20. The van der Waals surface area contributed by atoms with Crippen molar-refractivity contribution in [2.45, 2.75) is 25.7 Å². The topological polar surface area (TPSA) is 86.5 Å². The Hall–Kier alpha value is -1.66. The summed E-state index contributed by atoms with van der Waals surface area (Å²) in [5.41, 5.74) is -0.639. The van der Waals surface area contributed by atoms with Crippen molar-refractivity contribution in [1.82, 2.24) is 0 Å². The third kappa shape index (κ3) is 5.32. The molecule has 0 fully saturated rings. The van der Waals surface area contributed by atoms with E-state index in [1.165, 1.54) is 12.1 Å². The number of rotatable bonds is 9. The van der Waals surface area contributed by atoms with Crippen LogP contribution in [0.25, 0.3) is 0 Å². The van der Waals surface area contributed by atoms with Crippen LogP contribution in [-0.4, -0.2) is 23.1 Å². The first-order valence-corrected chi connectivity index (χ1v) is 6.96. The molecule has 0 heterocycles. The first kappa shape index (κ1) is 17.4. The van der Waals surface area contributed by atoms with Crippen LogP contribution in [0.1, 0.15) is 36.0 Å². The standard InChI is InChI=1S/C13H13Cl2NO5/c14-10-5-6-11(9(8-17)13(10)16(19)20)21-7-3-1-2-4-12(15)18/h5-6,8H,1-4,7H2. The van der Waals surface area contributed by atoms with Gasteiger partial charge in [-0.1, -0.05) is 11.6 Å². The minimum absolute atomic E-state index is 0.116. The summed E-state index contributed by atoms with van der Waals surface area (Å²) in [5, 5.41) is 10.4. The minimum atomic E-state index is -0.717. The summed E-state index contributed by atoms with van der Waals surface area (Å²) in [6.45, 7) is 0.274. The molecule has 0 aliphatic heterocycles. The van der Waals surface area contributed by atoms with E-state index in [0.717, 1.165) is 6.42 Å². The molecule has 0 aliphatic carbocycles. The van der Waals surface area contributed by atoms with E-state index in [2.05, 4.69) is 0 Å². The van der Waals surface area contributed by atoms with Gasteiger partial charge in [-0.3, -0.25) is 19.7 Å². The fourth-order valence-electron chi connectivity index (χ4n) is 1.71. The van der Waals surface area contributed by atoms with Crippen molar-refractivity contribution in [2.75, 3.05) is 6.61 Å². The fourth-order valence-corrected chi connectivity index (χ4v) is 2.08. The Balaban J connectivity index is 2.63. The molecule has 0 unspecified atom stereocenters. The number of nitro groups is 1. The Labute approximate surface area is 131 Å². The van der Waals surface area contributed by atoms with Gasteiger partial charge in [0.15, 0.2) is 6.29 Å². The molecule has 0 saturated carbocycles. The zero-order valence-electron chi connectivity index (χ0n) is 11.0. The van der Waals surface area contributed by atoms with Crippen molar-refractivity contribution in [3.8, 4) is 5.75 Å². The maximum absolute atomic E-state index is 11.0. The Morgan fingerprint density at radius 3 is 2.62 bits per heavy atom. The van der Waals surface area contributed by atoms with Gasteiger partial charge < -0.3 is 4.74 Å². The molecule has 0 radical (unpaired) electrons. The summed E-state index contributed by atoms with van der Waals surface area (Å²) in [5.74, 6) is 0.120. The lowest BCUT2D eigenvalue weighted by atomic mass is 10.1. The van der Waals surface area contributed by atoms with Crippen LogP contribution in [0.5, 0.6) is 5.75 Å². The summed E-state index contributed by atoms with van der Waals surface area (Å²) in [7, 11) is 0. The number of unbranched alkanes of at least 4 members (excludes halogenated alkanes) is 2. The summed E-state index contributed by atoms with van der Waals surface area (Å²) in [6, 6.07) is 2.73. The molecule has 8 heteroatoms. The Bertz CT molecular complexity index is 548. The zero-order chi connectivity index (χ0) is 15.8. The van der Waals surface area contributed by atoms with Crippen LogP contribution in [0.4, 0.5) is 5.69 Å². The van der Waals surface area contributed by atoms with E-state index in [4.69, 9.17) is 27.9 Å². The predicted molar refractivity (Wildman–Crippen MR) is 78.3 cm³/mol. The number of ether oxygens (including phenoxy) is 1. The number of nitrogens with zero attached hydrogens (tertiary/aromatic N) is 1. The van der Waals surface area contributed by atoms with Crippen LogP contribution in [0.15, 0.2) is 12.1 Å². The highest BCUT2D eigenvalue weighted by Crippen LogP contribution is 2.33. The summed E-state index contributed by atoms with van der Waals surface area (Å²) < 4.78 is 5.37. The molecule has 21 heavy (non-hydrogen) atoms. The molecule has 1 aromatic rings. The molecule has 1 rings (SSSR count). The number of hydrogen-bond acceptors (Lipinski definition) is 5. The number of benzene rings is 1. The first-order chi connectivity index (χ1) is 9.97. The molecule has 0 aromatic heterocycles. The third-order valence-electron chi connectivity index (χ3n) is 2.70. The lowest BCUT2D eigenvalue weighted by Crippen LogP contribution is -2.03. The Kier molecular flexibility index (Phi) is 7.11. The van der Waals surface area contributed by atoms with Crippen LogP contribution in [-0.2, 0) is 4.79 Å². The molecule has 1 aromatic carbocycles. The predicted octanol–water partition coefficient (Wildman–Crippen LogP) is 3.77. The van der Waals surface area contributed by atoms with E-state index in [0.29, 0.717) is 25.5 Å². The van der Waals surface area contributed by atoms with Crippen LogP contribution < -0.4 is 4.74 Å². The highest BCUT2D eigenvalue weighted by atomic mass is 35.5. The van der Waals surface area contributed by atoms with Crippen molar-refractivity contribution in [3.63, 3.8) is 0 Å². The van der Waals surface area contributed by atoms with E-state index in [-0.39, 0.29) is 28.2 Å². The molecular weight excluding hydrogens is 321 g/mol. The van der Waals surface area contributed by atoms with Crippen LogP contribution in [0.3, 0.4) is 0 Å². The van der Waals surface area contributed by atoms with Gasteiger partial charge in [0.1, 0.15) is 16.3 Å². The van der Waals surface area contributed by atoms with E-state index < -0.39 is 10.6 Å². The number of nitro benzene ring substituents is 1. The summed E-state index contributed by atoms with van der Waals surface area (Å²) >= 11 is 10.9. The zero-order valence-corrected chi connectivity index (χ0v) is 12.5. The van der Waals surface area contributed by atoms with Gasteiger partial charge in [0, 0.05) is 6.42 Å². The molecule has 0 atom stereocenters. The molecule has 0 amide bonds. The minimum Gasteiger partial charge on any atom is -0.493 e. The Morgan fingerprint density at radius 2 is 2.05 bits per heavy atom. The monoisotopic (exact) mass is 333 g/mol. The summed E-state index contributed by atoms with van der Waals surface area (Å²) in [4.78, 5) is 31.7. The van der Waals surface area contributed by atoms with Crippen molar-refractivity contribution >= 4 is 40.4 Å². The van der Waals surface area contributed by atoms with E-state index >= 15 is 0 Å². The number of aldehydes is 1. The SMILES string of the molecule is O=Cc1c(OCCCCCC(=O)Cl)ccc(Cl)c1[N+](=O)[O-]. The molecule has 0 bridgehead atoms. The number of hydrogen-bond donors (Lipinski definition) is 0. The molecule has 0 saturated heterocycles. The van der Waals surface area contributed by atoms with Gasteiger partial charge in [0.2, 0.25) is 5.24 Å². The van der Waals surface area contributed by atoms with Crippen LogP contribution in [0, 0.1) is 10.1 Å². The number of carbonyl (C=O) groups excluding carboxylic acids is 2. The molecule has 6 nitrogen and oxygen atoms in total. The van der Waals surface area contributed by atoms with Gasteiger partial charge in [0.25, 0.3) is 0 Å². The number of halogens is 2. The van der Waals surface area contributed by atoms with Gasteiger partial charge in [-0.25, -0.2) is 0 Å². The fraction of sp³-hybridized carbons (Fsp3) is 0.385. The highest BCUT2D eigenvalue weighted by Gasteiger charge is 2.22. The first-order valence-electron chi connectivity index (χ1n) is 6.20. The smallest absolute Gasteiger partial charge is 0.302 e. The van der Waals surface area contributed by atoms with Gasteiger partial charge in [-0.15, -0.1) is 0 Å². The van der Waals surface area contributed by atoms with E-state index in [1.54, 1.807) is 0 Å². The van der Waals surface area contributed by atoms with Gasteiger partial charge in [-0.2, -0.15) is 0 Å². The normalized spacial score (nSPS) is 10.2. The summed E-state index contributed by atoms with van der Waals surface area (Å²) in [6.07, 6.45) is 2.66. The maximum atomic E-state index is 11.0. The lowest BCUT2D eigenvalue weighted by Gasteiger charge is -2.09. The lowest BCUT2D eigenvalue weighted by molar-refractivity contribution is -0.385. The average molecular weight is 334 g/mol. The van der Waals surface area contributed by atoms with Crippen LogP contribution >= 0.6 is 23.2 Å². The van der Waals surface area contributed by atoms with Crippen LogP contribution in [0.2, 0.25) is 5.02 Å². The average Bonchev–Trinajstić information content (AvgIpc) is 2.42. The molecular formula is C13H13Cl2NO5. The Morgan fingerprint density at radius 1 is 1.33 bits per heavy atom. The van der Waals surface area contributed by atoms with Gasteiger partial charge >= 0.3 is 5.69 Å². The third-order valence-corrected chi connectivity index (χ3v) is 3.20. The maximum Gasteiger partial charge on any atom is 0.302 e. The molecule has 0 N–H and O–H groups in total. The molecule has 114 valence electrons. The van der Waals surface area contributed by atoms with E-state index in [1.807, 2.05) is 0 Å². The van der Waals surface area contributed by atoms with Gasteiger partial charge in [-0.05, 0) is 43.0 Å². The van der Waals surface area contributed by atoms with Crippen molar-refractivity contribution in [2.24, 2.45) is 0 Å². The highest BCUT2D eigenvalue weighted by molar-refractivity contribution is 6.63. The van der Waals surface area contributed by atoms with Crippen molar-refractivity contribution in [1.29, 1.82) is 0 Å².